The summed E-state index contributed by atoms with van der Waals surface area (Å²) in [6, 6.07) is -0.274. The minimum absolute atomic E-state index is 0.0600. The highest BCUT2D eigenvalue weighted by atomic mass is 16.3. The van der Waals surface area contributed by atoms with Gasteiger partial charge >= 0.3 is 0 Å². The lowest BCUT2D eigenvalue weighted by atomic mass is 10.00. The summed E-state index contributed by atoms with van der Waals surface area (Å²) in [5.41, 5.74) is 10.8. The number of likely N-dealkylation sites (tertiary alicyclic amines) is 1. The van der Waals surface area contributed by atoms with Crippen molar-refractivity contribution in [3.05, 3.63) is 0 Å². The smallest absolute Gasteiger partial charge is 0.237 e. The Bertz CT molecular complexity index is 519. The van der Waals surface area contributed by atoms with Crippen molar-refractivity contribution in [1.29, 1.82) is 0 Å². The third-order valence-electron chi connectivity index (χ3n) is 6.33. The molecule has 1 aliphatic carbocycles. The molecule has 7 nitrogen and oxygen atoms in total. The molecule has 4 unspecified atom stereocenters. The largest absolute Gasteiger partial charge is 0.391 e. The Morgan fingerprint density at radius 1 is 1.21 bits per heavy atom. The van der Waals surface area contributed by atoms with Gasteiger partial charge in [0.1, 0.15) is 0 Å². The summed E-state index contributed by atoms with van der Waals surface area (Å²) in [7, 11) is 0. The molecule has 6 N–H and O–H groups in total. The number of unbranched alkanes of at least 4 members (excludes halogenated alkanes) is 2. The average molecular weight is 410 g/mol. The van der Waals surface area contributed by atoms with Crippen LogP contribution in [0.2, 0.25) is 0 Å². The van der Waals surface area contributed by atoms with Gasteiger partial charge in [-0.2, -0.15) is 0 Å². The van der Waals surface area contributed by atoms with E-state index in [1.165, 1.54) is 25.7 Å². The van der Waals surface area contributed by atoms with Gasteiger partial charge < -0.3 is 21.9 Å². The molecule has 1 heterocycles. The van der Waals surface area contributed by atoms with Gasteiger partial charge in [0.15, 0.2) is 5.96 Å². The van der Waals surface area contributed by atoms with Crippen molar-refractivity contribution in [1.82, 2.24) is 10.2 Å². The Kier molecular flexibility index (Phi) is 10.2. The third-order valence-corrected chi connectivity index (χ3v) is 6.33. The number of nitrogens with one attached hydrogen (secondary N) is 1. The topological polar surface area (TPSA) is 117 Å². The standard InChI is InChI=1S/C22H43N5O2/c1-3-4-5-8-16(2)15-27-14-7-10-19(27)21(29)26-18(20(28)17-11-12-17)9-6-13-25-22(23)24/h16-20,28H,3-15H2,1-2H3,(H,26,29)(H4,23,24,25). The molecule has 0 aromatic carbocycles. The van der Waals surface area contributed by atoms with E-state index < -0.39 is 6.10 Å². The van der Waals surface area contributed by atoms with E-state index in [1.807, 2.05) is 0 Å². The molecule has 1 amide bonds. The molecule has 1 saturated heterocycles. The van der Waals surface area contributed by atoms with Crippen molar-refractivity contribution in [2.75, 3.05) is 19.6 Å². The Labute approximate surface area is 176 Å². The normalized spacial score (nSPS) is 22.8. The molecule has 2 fully saturated rings. The quantitative estimate of drug-likeness (QED) is 0.199. The molecule has 0 bridgehead atoms. The Morgan fingerprint density at radius 2 is 1.97 bits per heavy atom. The van der Waals surface area contributed by atoms with E-state index in [1.54, 1.807) is 0 Å². The van der Waals surface area contributed by atoms with Crippen LogP contribution in [0.3, 0.4) is 0 Å². The van der Waals surface area contributed by atoms with Gasteiger partial charge in [0, 0.05) is 13.1 Å². The summed E-state index contributed by atoms with van der Waals surface area (Å²) < 4.78 is 0. The summed E-state index contributed by atoms with van der Waals surface area (Å²) in [6.45, 7) is 7.04. The maximum Gasteiger partial charge on any atom is 0.237 e. The molecule has 0 aromatic heterocycles. The molecule has 1 saturated carbocycles. The second-order valence-electron chi connectivity index (χ2n) is 9.15. The fraction of sp³-hybridized carbons (Fsp3) is 0.909. The van der Waals surface area contributed by atoms with Crippen LogP contribution in [0.1, 0.15) is 78.1 Å². The lowest BCUT2D eigenvalue weighted by Gasteiger charge is -2.30. The minimum atomic E-state index is -0.471. The zero-order valence-corrected chi connectivity index (χ0v) is 18.5. The number of aliphatic imine (C=N–C) groups is 1. The number of hydrogen-bond donors (Lipinski definition) is 4. The van der Waals surface area contributed by atoms with E-state index in [0.29, 0.717) is 24.8 Å². The number of amides is 1. The Morgan fingerprint density at radius 3 is 2.62 bits per heavy atom. The lowest BCUT2D eigenvalue weighted by Crippen LogP contribution is -2.51. The monoisotopic (exact) mass is 409 g/mol. The second-order valence-corrected chi connectivity index (χ2v) is 9.15. The number of guanidine groups is 1. The number of carbonyl (C=O) groups excluding carboxylic acids is 1. The fourth-order valence-electron chi connectivity index (χ4n) is 4.47. The first-order chi connectivity index (χ1) is 13.9. The predicted octanol–water partition coefficient (Wildman–Crippen LogP) is 1.98. The van der Waals surface area contributed by atoms with Gasteiger partial charge in [0.05, 0.1) is 18.2 Å². The Hall–Kier alpha value is -1.34. The molecule has 0 radical (unpaired) electrons. The first-order valence-corrected chi connectivity index (χ1v) is 11.7. The molecule has 0 spiro atoms. The van der Waals surface area contributed by atoms with E-state index >= 15 is 0 Å². The predicted molar refractivity (Wildman–Crippen MR) is 118 cm³/mol. The summed E-state index contributed by atoms with van der Waals surface area (Å²) in [6.07, 6.45) is 10.1. The molecule has 29 heavy (non-hydrogen) atoms. The van der Waals surface area contributed by atoms with E-state index in [9.17, 15) is 9.90 Å². The lowest BCUT2D eigenvalue weighted by molar-refractivity contribution is -0.127. The van der Waals surface area contributed by atoms with Crippen LogP contribution < -0.4 is 16.8 Å². The number of nitrogens with zero attached hydrogens (tertiary/aromatic N) is 2. The zero-order chi connectivity index (χ0) is 21.2. The third kappa shape index (κ3) is 8.51. The van der Waals surface area contributed by atoms with E-state index in [2.05, 4.69) is 29.1 Å². The first-order valence-electron chi connectivity index (χ1n) is 11.7. The first kappa shape index (κ1) is 23.9. The van der Waals surface area contributed by atoms with Crippen molar-refractivity contribution in [2.24, 2.45) is 28.3 Å². The fourth-order valence-corrected chi connectivity index (χ4v) is 4.47. The van der Waals surface area contributed by atoms with Gasteiger partial charge in [-0.3, -0.25) is 14.7 Å². The van der Waals surface area contributed by atoms with Crippen LogP contribution in [0.25, 0.3) is 0 Å². The molecule has 1 aliphatic heterocycles. The SMILES string of the molecule is CCCCCC(C)CN1CCCC1C(=O)NC(CCCN=C(N)N)C(O)C1CC1. The van der Waals surface area contributed by atoms with E-state index in [4.69, 9.17) is 11.5 Å². The molecular weight excluding hydrogens is 366 g/mol. The van der Waals surface area contributed by atoms with Crippen molar-refractivity contribution >= 4 is 11.9 Å². The maximum absolute atomic E-state index is 13.1. The van der Waals surface area contributed by atoms with Gasteiger partial charge in [-0.25, -0.2) is 0 Å². The van der Waals surface area contributed by atoms with Crippen LogP contribution in [-0.4, -0.2) is 59.7 Å². The van der Waals surface area contributed by atoms with E-state index in [0.717, 1.165) is 45.2 Å². The molecule has 0 aromatic rings. The van der Waals surface area contributed by atoms with Gasteiger partial charge in [-0.15, -0.1) is 0 Å². The van der Waals surface area contributed by atoms with Crippen molar-refractivity contribution in [3.63, 3.8) is 0 Å². The van der Waals surface area contributed by atoms with Crippen molar-refractivity contribution in [2.45, 2.75) is 96.2 Å². The van der Waals surface area contributed by atoms with Crippen molar-refractivity contribution in [3.8, 4) is 0 Å². The van der Waals surface area contributed by atoms with Crippen LogP contribution >= 0.6 is 0 Å². The number of nitrogens with two attached hydrogens (primary N) is 2. The molecule has 2 rings (SSSR count). The van der Waals surface area contributed by atoms with Crippen LogP contribution in [0.4, 0.5) is 0 Å². The highest BCUT2D eigenvalue weighted by Gasteiger charge is 2.38. The van der Waals surface area contributed by atoms with Crippen LogP contribution in [0, 0.1) is 11.8 Å². The van der Waals surface area contributed by atoms with Crippen LogP contribution in [0.15, 0.2) is 4.99 Å². The molecule has 2 aliphatic rings. The summed E-state index contributed by atoms with van der Waals surface area (Å²) in [5.74, 6) is 1.10. The maximum atomic E-state index is 13.1. The second kappa shape index (κ2) is 12.4. The summed E-state index contributed by atoms with van der Waals surface area (Å²) in [5, 5.41) is 13.8. The molecule has 4 atom stereocenters. The highest BCUT2D eigenvalue weighted by Crippen LogP contribution is 2.35. The van der Waals surface area contributed by atoms with Gasteiger partial charge in [0.2, 0.25) is 5.91 Å². The van der Waals surface area contributed by atoms with Gasteiger partial charge in [0.25, 0.3) is 0 Å². The average Bonchev–Trinajstić information content (AvgIpc) is 3.43. The summed E-state index contributed by atoms with van der Waals surface area (Å²) in [4.78, 5) is 19.4. The van der Waals surface area contributed by atoms with Gasteiger partial charge in [-0.1, -0.05) is 33.1 Å². The number of carbonyl (C=O) groups is 1. The van der Waals surface area contributed by atoms with Crippen LogP contribution in [-0.2, 0) is 4.79 Å². The highest BCUT2D eigenvalue weighted by molar-refractivity contribution is 5.82. The number of rotatable bonds is 14. The van der Waals surface area contributed by atoms with E-state index in [-0.39, 0.29) is 24.0 Å². The number of aliphatic hydroxyl groups excluding tert-OH is 1. The van der Waals surface area contributed by atoms with Crippen molar-refractivity contribution < 1.29 is 9.90 Å². The molecular formula is C22H43N5O2. The molecule has 168 valence electrons. The molecule has 7 heteroatoms. The van der Waals surface area contributed by atoms with Crippen LogP contribution in [0.5, 0.6) is 0 Å². The van der Waals surface area contributed by atoms with Gasteiger partial charge in [-0.05, 0) is 63.3 Å². The Balaban J connectivity index is 1.86. The minimum Gasteiger partial charge on any atom is -0.391 e. The number of hydrogen-bond acceptors (Lipinski definition) is 4. The number of aliphatic hydroxyl groups is 1. The summed E-state index contributed by atoms with van der Waals surface area (Å²) >= 11 is 0. The zero-order valence-electron chi connectivity index (χ0n) is 18.5.